The van der Waals surface area contributed by atoms with E-state index in [1.807, 2.05) is 0 Å². The van der Waals surface area contributed by atoms with E-state index in [0.29, 0.717) is 5.70 Å². The summed E-state index contributed by atoms with van der Waals surface area (Å²) in [5, 5.41) is 3.95. The molecule has 0 amide bonds. The molecule has 0 rings (SSSR count). The maximum Gasteiger partial charge on any atom is 0.0645 e. The second kappa shape index (κ2) is 4.44. The molecule has 0 saturated carbocycles. The first-order valence-electron chi connectivity index (χ1n) is 3.19. The van der Waals surface area contributed by atoms with Crippen LogP contribution in [-0.4, -0.2) is 12.1 Å². The summed E-state index contributed by atoms with van der Waals surface area (Å²) >= 11 is 0. The lowest BCUT2D eigenvalue weighted by atomic mass is 10.2. The van der Waals surface area contributed by atoms with Crippen molar-refractivity contribution >= 4 is 0 Å². The van der Waals surface area contributed by atoms with Crippen molar-refractivity contribution in [3.63, 3.8) is 0 Å². The molecule has 3 heteroatoms. The molecular formula is C8H12N2O. The molecule has 11 heavy (non-hydrogen) atoms. The topological polar surface area (TPSA) is 32.7 Å². The van der Waals surface area contributed by atoms with Gasteiger partial charge in [-0.05, 0) is 18.6 Å². The van der Waals surface area contributed by atoms with Crippen LogP contribution in [0, 0.1) is 4.91 Å². The highest BCUT2D eigenvalue weighted by Crippen LogP contribution is 2.10. The molecule has 0 radical (unpaired) electrons. The van der Waals surface area contributed by atoms with E-state index in [0.717, 1.165) is 5.57 Å². The quantitative estimate of drug-likeness (QED) is 0.351. The van der Waals surface area contributed by atoms with Gasteiger partial charge in [0.2, 0.25) is 0 Å². The van der Waals surface area contributed by atoms with Crippen molar-refractivity contribution in [1.29, 1.82) is 0 Å². The predicted octanol–water partition coefficient (Wildman–Crippen LogP) is 2.25. The number of allylic oxidation sites excluding steroid dienone is 3. The van der Waals surface area contributed by atoms with Gasteiger partial charge in [0.15, 0.2) is 0 Å². The summed E-state index contributed by atoms with van der Waals surface area (Å²) in [6.07, 6.45) is 3.27. The minimum atomic E-state index is 0.676. The van der Waals surface area contributed by atoms with Gasteiger partial charge in [-0.1, -0.05) is 19.2 Å². The maximum atomic E-state index is 10.1. The zero-order chi connectivity index (χ0) is 8.85. The highest BCUT2D eigenvalue weighted by Gasteiger charge is 2.02. The van der Waals surface area contributed by atoms with E-state index in [1.165, 1.54) is 5.01 Å². The zero-order valence-electron chi connectivity index (χ0n) is 6.87. The summed E-state index contributed by atoms with van der Waals surface area (Å²) in [5.41, 5.74) is 1.46. The smallest absolute Gasteiger partial charge is 0.0645 e. The first-order valence-corrected chi connectivity index (χ1v) is 3.19. The van der Waals surface area contributed by atoms with Gasteiger partial charge in [-0.3, -0.25) is 0 Å². The fraction of sp³-hybridized carbons (Fsp3) is 0.250. The Kier molecular flexibility index (Phi) is 3.88. The van der Waals surface area contributed by atoms with E-state index < -0.39 is 0 Å². The molecular weight excluding hydrogens is 140 g/mol. The van der Waals surface area contributed by atoms with Crippen LogP contribution in [-0.2, 0) is 0 Å². The molecule has 0 aliphatic rings. The minimum Gasteiger partial charge on any atom is -0.232 e. The Morgan fingerprint density at radius 2 is 2.18 bits per heavy atom. The van der Waals surface area contributed by atoms with Crippen LogP contribution < -0.4 is 0 Å². The van der Waals surface area contributed by atoms with Crippen LogP contribution in [0.5, 0.6) is 0 Å². The maximum absolute atomic E-state index is 10.1. The van der Waals surface area contributed by atoms with Crippen LogP contribution in [0.1, 0.15) is 6.92 Å². The number of nitrogens with zero attached hydrogens (tertiary/aromatic N) is 2. The monoisotopic (exact) mass is 152 g/mol. The zero-order valence-corrected chi connectivity index (χ0v) is 6.87. The highest BCUT2D eigenvalue weighted by atomic mass is 16.3. The van der Waals surface area contributed by atoms with Gasteiger partial charge >= 0.3 is 0 Å². The molecule has 0 aromatic heterocycles. The van der Waals surface area contributed by atoms with E-state index in [-0.39, 0.29) is 0 Å². The lowest BCUT2D eigenvalue weighted by molar-refractivity contribution is 0.448. The average molecular weight is 152 g/mol. The molecule has 0 unspecified atom stereocenters. The lowest BCUT2D eigenvalue weighted by Crippen LogP contribution is -2.09. The highest BCUT2D eigenvalue weighted by molar-refractivity contribution is 5.27. The van der Waals surface area contributed by atoms with E-state index in [2.05, 4.69) is 18.4 Å². The van der Waals surface area contributed by atoms with Gasteiger partial charge in [-0.25, -0.2) is 5.01 Å². The molecule has 0 spiro atoms. The van der Waals surface area contributed by atoms with Crippen LogP contribution >= 0.6 is 0 Å². The number of rotatable bonds is 4. The molecule has 0 fully saturated rings. The predicted molar refractivity (Wildman–Crippen MR) is 46.7 cm³/mol. The molecule has 0 atom stereocenters. The largest absolute Gasteiger partial charge is 0.232 e. The van der Waals surface area contributed by atoms with E-state index in [9.17, 15) is 4.91 Å². The summed E-state index contributed by atoms with van der Waals surface area (Å²) in [4.78, 5) is 10.1. The van der Waals surface area contributed by atoms with Crippen molar-refractivity contribution < 1.29 is 0 Å². The SMILES string of the molecule is C=C/C=C(\C(=C)C)N(C)N=O. The van der Waals surface area contributed by atoms with Gasteiger partial charge in [-0.15, -0.1) is 4.91 Å². The van der Waals surface area contributed by atoms with Crippen LogP contribution in [0.2, 0.25) is 0 Å². The van der Waals surface area contributed by atoms with E-state index in [4.69, 9.17) is 0 Å². The second-order valence-electron chi connectivity index (χ2n) is 2.17. The van der Waals surface area contributed by atoms with Crippen molar-refractivity contribution in [3.8, 4) is 0 Å². The molecule has 0 aromatic carbocycles. The Hall–Kier alpha value is -1.38. The molecule has 3 nitrogen and oxygen atoms in total. The molecule has 60 valence electrons. The normalized spacial score (nSPS) is 10.5. The van der Waals surface area contributed by atoms with Crippen molar-refractivity contribution in [3.05, 3.63) is 41.5 Å². The first kappa shape index (κ1) is 9.62. The molecule has 0 heterocycles. The number of hydrogen-bond acceptors (Lipinski definition) is 2. The first-order chi connectivity index (χ1) is 5.13. The third-order valence-corrected chi connectivity index (χ3v) is 1.18. The van der Waals surface area contributed by atoms with Gasteiger partial charge in [-0.2, -0.15) is 0 Å². The molecule has 0 aliphatic carbocycles. The summed E-state index contributed by atoms with van der Waals surface area (Å²) in [6.45, 7) is 9.00. The Balaban J connectivity index is 4.59. The van der Waals surface area contributed by atoms with Gasteiger partial charge in [0.25, 0.3) is 0 Å². The number of hydrogen-bond donors (Lipinski definition) is 0. The molecule has 0 saturated heterocycles. The molecule has 0 bridgehead atoms. The Bertz CT molecular complexity index is 206. The van der Waals surface area contributed by atoms with Crippen molar-refractivity contribution in [2.24, 2.45) is 5.29 Å². The van der Waals surface area contributed by atoms with E-state index >= 15 is 0 Å². The molecule has 0 aliphatic heterocycles. The van der Waals surface area contributed by atoms with Crippen LogP contribution in [0.3, 0.4) is 0 Å². The molecule has 0 aromatic rings. The van der Waals surface area contributed by atoms with Gasteiger partial charge < -0.3 is 0 Å². The second-order valence-corrected chi connectivity index (χ2v) is 2.17. The molecule has 0 N–H and O–H groups in total. The summed E-state index contributed by atoms with van der Waals surface area (Å²) in [7, 11) is 1.57. The average Bonchev–Trinajstić information content (AvgIpc) is 1.98. The fourth-order valence-corrected chi connectivity index (χ4v) is 0.682. The van der Waals surface area contributed by atoms with Crippen LogP contribution in [0.15, 0.2) is 41.9 Å². The van der Waals surface area contributed by atoms with Gasteiger partial charge in [0.1, 0.15) is 0 Å². The fourth-order valence-electron chi connectivity index (χ4n) is 0.682. The van der Waals surface area contributed by atoms with Crippen LogP contribution in [0.4, 0.5) is 0 Å². The number of nitroso groups, excluding NO2 is 1. The van der Waals surface area contributed by atoms with Crippen molar-refractivity contribution in [1.82, 2.24) is 5.01 Å². The van der Waals surface area contributed by atoms with E-state index in [1.54, 1.807) is 26.1 Å². The number of likely N-dealkylation sites (N-methyl/N-ethyl adjacent to an activating group) is 1. The Labute approximate surface area is 66.6 Å². The van der Waals surface area contributed by atoms with Gasteiger partial charge in [0, 0.05) is 7.05 Å². The minimum absolute atomic E-state index is 0.676. The lowest BCUT2D eigenvalue weighted by Gasteiger charge is -2.11. The van der Waals surface area contributed by atoms with Crippen molar-refractivity contribution in [2.45, 2.75) is 6.92 Å². The van der Waals surface area contributed by atoms with Crippen molar-refractivity contribution in [2.75, 3.05) is 7.05 Å². The third-order valence-electron chi connectivity index (χ3n) is 1.18. The van der Waals surface area contributed by atoms with Gasteiger partial charge in [0.05, 0.1) is 11.0 Å². The Morgan fingerprint density at radius 3 is 2.45 bits per heavy atom. The standard InChI is InChI=1S/C8H12N2O/c1-5-6-8(7(2)3)10(4)9-11/h5-6H,1-2H2,3-4H3/b8-6+. The summed E-state index contributed by atoms with van der Waals surface area (Å²) < 4.78 is 0. The third kappa shape index (κ3) is 2.80. The summed E-state index contributed by atoms with van der Waals surface area (Å²) in [5.74, 6) is 0. The summed E-state index contributed by atoms with van der Waals surface area (Å²) in [6, 6.07) is 0. The van der Waals surface area contributed by atoms with Crippen LogP contribution in [0.25, 0.3) is 0 Å². The Morgan fingerprint density at radius 1 is 1.64 bits per heavy atom.